The molecule has 2 aromatic heterocycles. The highest BCUT2D eigenvalue weighted by atomic mass is 15.4. The molecule has 8 nitrogen and oxygen atoms in total. The van der Waals surface area contributed by atoms with Crippen LogP contribution in [-0.4, -0.2) is 63.1 Å². The molecule has 0 atom stereocenters. The molecule has 0 bridgehead atoms. The molecule has 1 N–H and O–H groups in total. The third-order valence-corrected chi connectivity index (χ3v) is 5.00. The van der Waals surface area contributed by atoms with E-state index in [-0.39, 0.29) is 0 Å². The second-order valence-corrected chi connectivity index (χ2v) is 6.77. The molecule has 0 radical (unpaired) electrons. The van der Waals surface area contributed by atoms with Crippen molar-refractivity contribution in [1.82, 2.24) is 29.7 Å². The molecule has 146 valence electrons. The van der Waals surface area contributed by atoms with Crippen molar-refractivity contribution in [3.05, 3.63) is 48.5 Å². The van der Waals surface area contributed by atoms with Crippen LogP contribution in [0.2, 0.25) is 0 Å². The first-order chi connectivity index (χ1) is 13.8. The van der Waals surface area contributed by atoms with Crippen LogP contribution < -0.4 is 10.2 Å². The predicted molar refractivity (Wildman–Crippen MR) is 111 cm³/mol. The van der Waals surface area contributed by atoms with E-state index < -0.39 is 0 Å². The van der Waals surface area contributed by atoms with E-state index in [9.17, 15) is 0 Å². The van der Waals surface area contributed by atoms with Crippen molar-refractivity contribution in [3.8, 4) is 0 Å². The largest absolute Gasteiger partial charge is 0.357 e. The Hall–Kier alpha value is -3.16. The Bertz CT molecular complexity index is 941. The van der Waals surface area contributed by atoms with E-state index in [4.69, 9.17) is 9.98 Å². The molecule has 0 unspecified atom stereocenters. The summed E-state index contributed by atoms with van der Waals surface area (Å²) in [5.41, 5.74) is 2.14. The molecule has 1 fully saturated rings. The maximum absolute atomic E-state index is 4.86. The van der Waals surface area contributed by atoms with E-state index in [1.54, 1.807) is 12.4 Å². The molecule has 4 rings (SSSR count). The Morgan fingerprint density at radius 1 is 1.07 bits per heavy atom. The normalized spacial score (nSPS) is 15.3. The summed E-state index contributed by atoms with van der Waals surface area (Å²) in [6.07, 6.45) is 3.58. The summed E-state index contributed by atoms with van der Waals surface area (Å²) in [5, 5.41) is 3.42. The van der Waals surface area contributed by atoms with Crippen molar-refractivity contribution in [1.29, 1.82) is 0 Å². The number of hydrogen-bond donors (Lipinski definition) is 1. The van der Waals surface area contributed by atoms with Crippen molar-refractivity contribution in [2.45, 2.75) is 13.5 Å². The molecule has 1 aromatic carbocycles. The lowest BCUT2D eigenvalue weighted by Gasteiger charge is -2.36. The highest BCUT2D eigenvalue weighted by molar-refractivity contribution is 5.80. The zero-order valence-electron chi connectivity index (χ0n) is 16.4. The van der Waals surface area contributed by atoms with Gasteiger partial charge in [0.1, 0.15) is 12.4 Å². The molecule has 3 aromatic rings. The van der Waals surface area contributed by atoms with E-state index in [1.165, 1.54) is 0 Å². The molecule has 0 spiro atoms. The summed E-state index contributed by atoms with van der Waals surface area (Å²) in [6.45, 7) is 7.00. The highest BCUT2D eigenvalue weighted by Gasteiger charge is 2.21. The van der Waals surface area contributed by atoms with Crippen LogP contribution in [-0.2, 0) is 13.6 Å². The molecule has 8 heteroatoms. The summed E-state index contributed by atoms with van der Waals surface area (Å²) >= 11 is 0. The quantitative estimate of drug-likeness (QED) is 0.550. The molecule has 1 saturated heterocycles. The van der Waals surface area contributed by atoms with Crippen LogP contribution in [0.5, 0.6) is 0 Å². The van der Waals surface area contributed by atoms with Gasteiger partial charge in [0.15, 0.2) is 5.96 Å². The monoisotopic (exact) mass is 378 g/mol. The SMILES string of the molecule is CCNC(=NCc1nc2ccccc2n1C)N1CCN(c2ncccn2)CC1. The number of aromatic nitrogens is 4. The fraction of sp³-hybridized carbons (Fsp3) is 0.400. The van der Waals surface area contributed by atoms with Crippen LogP contribution >= 0.6 is 0 Å². The maximum atomic E-state index is 4.86. The Balaban J connectivity index is 1.45. The van der Waals surface area contributed by atoms with E-state index in [2.05, 4.69) is 42.6 Å². The van der Waals surface area contributed by atoms with Crippen molar-refractivity contribution < 1.29 is 0 Å². The van der Waals surface area contributed by atoms with Crippen LogP contribution in [0.3, 0.4) is 0 Å². The third-order valence-electron chi connectivity index (χ3n) is 5.00. The lowest BCUT2D eigenvalue weighted by molar-refractivity contribution is 0.370. The number of hydrogen-bond acceptors (Lipinski definition) is 5. The lowest BCUT2D eigenvalue weighted by atomic mass is 10.3. The fourth-order valence-corrected chi connectivity index (χ4v) is 3.48. The number of fused-ring (bicyclic) bond motifs is 1. The minimum Gasteiger partial charge on any atom is -0.357 e. The van der Waals surface area contributed by atoms with Crippen molar-refractivity contribution in [2.75, 3.05) is 37.6 Å². The lowest BCUT2D eigenvalue weighted by Crippen LogP contribution is -2.53. The maximum Gasteiger partial charge on any atom is 0.225 e. The topological polar surface area (TPSA) is 74.5 Å². The number of aryl methyl sites for hydroxylation is 1. The minimum atomic E-state index is 0.551. The molecule has 0 amide bonds. The van der Waals surface area contributed by atoms with Gasteiger partial charge >= 0.3 is 0 Å². The molecule has 1 aliphatic rings. The minimum absolute atomic E-state index is 0.551. The van der Waals surface area contributed by atoms with Gasteiger partial charge in [-0.15, -0.1) is 0 Å². The van der Waals surface area contributed by atoms with E-state index in [0.29, 0.717) is 6.54 Å². The number of rotatable bonds is 4. The summed E-state index contributed by atoms with van der Waals surface area (Å²) < 4.78 is 2.12. The Kier molecular flexibility index (Phi) is 5.36. The second kappa shape index (κ2) is 8.24. The summed E-state index contributed by atoms with van der Waals surface area (Å²) in [7, 11) is 2.05. The number of nitrogens with one attached hydrogen (secondary N) is 1. The number of benzene rings is 1. The molecular formula is C20H26N8. The fourth-order valence-electron chi connectivity index (χ4n) is 3.48. The Morgan fingerprint density at radius 2 is 1.82 bits per heavy atom. The highest BCUT2D eigenvalue weighted by Crippen LogP contribution is 2.15. The van der Waals surface area contributed by atoms with Crippen molar-refractivity contribution in [2.24, 2.45) is 12.0 Å². The number of aliphatic imine (C=N–C) groups is 1. The first kappa shape index (κ1) is 18.2. The van der Waals surface area contributed by atoms with E-state index in [0.717, 1.165) is 61.5 Å². The van der Waals surface area contributed by atoms with Gasteiger partial charge in [0, 0.05) is 52.2 Å². The van der Waals surface area contributed by atoms with Crippen LogP contribution in [0.1, 0.15) is 12.7 Å². The second-order valence-electron chi connectivity index (χ2n) is 6.77. The molecule has 28 heavy (non-hydrogen) atoms. The van der Waals surface area contributed by atoms with Gasteiger partial charge in [-0.05, 0) is 25.1 Å². The van der Waals surface area contributed by atoms with Gasteiger partial charge in [-0.3, -0.25) is 0 Å². The number of anilines is 1. The first-order valence-electron chi connectivity index (χ1n) is 9.72. The number of nitrogens with zero attached hydrogens (tertiary/aromatic N) is 7. The van der Waals surface area contributed by atoms with Gasteiger partial charge in [0.25, 0.3) is 0 Å². The van der Waals surface area contributed by atoms with Gasteiger partial charge in [-0.2, -0.15) is 0 Å². The van der Waals surface area contributed by atoms with Crippen molar-refractivity contribution in [3.63, 3.8) is 0 Å². The van der Waals surface area contributed by atoms with Gasteiger partial charge in [-0.1, -0.05) is 12.1 Å². The molecular weight excluding hydrogens is 352 g/mol. The van der Waals surface area contributed by atoms with Crippen LogP contribution in [0, 0.1) is 0 Å². The van der Waals surface area contributed by atoms with Gasteiger partial charge in [0.2, 0.25) is 5.95 Å². The molecule has 1 aliphatic heterocycles. The number of piperazine rings is 1. The Labute approximate surface area is 164 Å². The molecule has 3 heterocycles. The number of imidazole rings is 1. The average Bonchev–Trinajstić information content (AvgIpc) is 3.08. The summed E-state index contributed by atoms with van der Waals surface area (Å²) in [4.78, 5) is 22.8. The van der Waals surface area contributed by atoms with Crippen LogP contribution in [0.4, 0.5) is 5.95 Å². The molecule has 0 aliphatic carbocycles. The predicted octanol–water partition coefficient (Wildman–Crippen LogP) is 1.65. The number of para-hydroxylation sites is 2. The smallest absolute Gasteiger partial charge is 0.225 e. The Morgan fingerprint density at radius 3 is 2.54 bits per heavy atom. The summed E-state index contributed by atoms with van der Waals surface area (Å²) in [6, 6.07) is 10.0. The van der Waals surface area contributed by atoms with Gasteiger partial charge in [-0.25, -0.2) is 19.9 Å². The average molecular weight is 378 g/mol. The van der Waals surface area contributed by atoms with Gasteiger partial charge in [0.05, 0.1) is 11.0 Å². The zero-order chi connectivity index (χ0) is 19.3. The first-order valence-corrected chi connectivity index (χ1v) is 9.72. The van der Waals surface area contributed by atoms with Crippen LogP contribution in [0.25, 0.3) is 11.0 Å². The number of guanidine groups is 1. The van der Waals surface area contributed by atoms with Crippen molar-refractivity contribution >= 4 is 22.9 Å². The van der Waals surface area contributed by atoms with Crippen LogP contribution in [0.15, 0.2) is 47.7 Å². The standard InChI is InChI=1S/C20H26N8/c1-3-21-19(24-15-18-25-16-7-4-5-8-17(16)26(18)2)27-11-13-28(14-12-27)20-22-9-6-10-23-20/h4-10H,3,11-15H2,1-2H3,(H,21,24). The summed E-state index contributed by atoms with van der Waals surface area (Å²) in [5.74, 6) is 2.69. The van der Waals surface area contributed by atoms with E-state index in [1.807, 2.05) is 31.3 Å². The third kappa shape index (κ3) is 3.76. The van der Waals surface area contributed by atoms with E-state index >= 15 is 0 Å². The molecule has 0 saturated carbocycles. The van der Waals surface area contributed by atoms with Gasteiger partial charge < -0.3 is 19.7 Å². The zero-order valence-corrected chi connectivity index (χ0v) is 16.4.